The maximum Gasteiger partial charge on any atom is 0.407 e. The van der Waals surface area contributed by atoms with E-state index in [1.165, 1.54) is 0 Å². The quantitative estimate of drug-likeness (QED) is 0.740. The van der Waals surface area contributed by atoms with E-state index in [2.05, 4.69) is 10.6 Å². The third-order valence-corrected chi connectivity index (χ3v) is 5.59. The van der Waals surface area contributed by atoms with E-state index in [9.17, 15) is 14.4 Å². The molecule has 2 N–H and O–H groups in total. The molecular formula is C22H25N3O4S. The second-order valence-electron chi connectivity index (χ2n) is 6.90. The molecule has 0 saturated carbocycles. The number of nitrogens with one attached hydrogen (secondary N) is 2. The number of hydrogen-bond acceptors (Lipinski definition) is 5. The lowest BCUT2D eigenvalue weighted by atomic mass is 10.1. The van der Waals surface area contributed by atoms with E-state index in [1.54, 1.807) is 18.2 Å². The van der Waals surface area contributed by atoms with Gasteiger partial charge in [0, 0.05) is 35.8 Å². The van der Waals surface area contributed by atoms with E-state index in [-0.39, 0.29) is 25.0 Å². The Labute approximate surface area is 180 Å². The number of alkyl carbamates (subject to hydrolysis) is 1. The van der Waals surface area contributed by atoms with Crippen LogP contribution >= 0.6 is 11.8 Å². The molecule has 2 aromatic carbocycles. The first-order valence-corrected chi connectivity index (χ1v) is 10.9. The molecule has 30 heavy (non-hydrogen) atoms. The Morgan fingerprint density at radius 1 is 1.07 bits per heavy atom. The maximum atomic E-state index is 12.6. The normalized spacial score (nSPS) is 13.4. The summed E-state index contributed by atoms with van der Waals surface area (Å²) in [5.41, 5.74) is 2.86. The van der Waals surface area contributed by atoms with Crippen LogP contribution in [0.4, 0.5) is 10.5 Å². The van der Waals surface area contributed by atoms with E-state index < -0.39 is 6.09 Å². The molecule has 0 radical (unpaired) electrons. The first kappa shape index (κ1) is 21.7. The summed E-state index contributed by atoms with van der Waals surface area (Å²) < 4.78 is 5.08. The second kappa shape index (κ2) is 10.7. The Morgan fingerprint density at radius 2 is 1.80 bits per heavy atom. The molecule has 0 aromatic heterocycles. The standard InChI is InChI=1S/C22H25N3O4S/c1-16-13-18(21(27)25-9-11-30-12-10-25)7-8-19(16)24-20(26)14-23-22(28)29-15-17-5-3-2-4-6-17/h2-8,13H,9-12,14-15H2,1H3,(H,23,28)(H,24,26). The molecule has 1 saturated heterocycles. The maximum absolute atomic E-state index is 12.6. The Hall–Kier alpha value is -3.00. The van der Waals surface area contributed by atoms with Crippen LogP contribution in [0.1, 0.15) is 21.5 Å². The third kappa shape index (κ3) is 6.25. The zero-order valence-corrected chi connectivity index (χ0v) is 17.7. The van der Waals surface area contributed by atoms with Gasteiger partial charge in [-0.15, -0.1) is 0 Å². The zero-order valence-electron chi connectivity index (χ0n) is 16.8. The van der Waals surface area contributed by atoms with Crippen LogP contribution in [0, 0.1) is 6.92 Å². The van der Waals surface area contributed by atoms with Crippen molar-refractivity contribution in [2.45, 2.75) is 13.5 Å². The summed E-state index contributed by atoms with van der Waals surface area (Å²) in [6.45, 7) is 3.28. The molecule has 1 aliphatic heterocycles. The van der Waals surface area contributed by atoms with Gasteiger partial charge in [-0.3, -0.25) is 9.59 Å². The van der Waals surface area contributed by atoms with E-state index >= 15 is 0 Å². The Bertz CT molecular complexity index is 899. The van der Waals surface area contributed by atoms with Crippen molar-refractivity contribution in [2.24, 2.45) is 0 Å². The summed E-state index contributed by atoms with van der Waals surface area (Å²) in [6, 6.07) is 14.5. The highest BCUT2D eigenvalue weighted by Crippen LogP contribution is 2.19. The number of aryl methyl sites for hydroxylation is 1. The van der Waals surface area contributed by atoms with Crippen LogP contribution in [0.15, 0.2) is 48.5 Å². The summed E-state index contributed by atoms with van der Waals surface area (Å²) in [7, 11) is 0. The Balaban J connectivity index is 1.46. The van der Waals surface area contributed by atoms with Gasteiger partial charge < -0.3 is 20.3 Å². The van der Waals surface area contributed by atoms with Crippen molar-refractivity contribution < 1.29 is 19.1 Å². The van der Waals surface area contributed by atoms with Gasteiger partial charge in [0.15, 0.2) is 0 Å². The van der Waals surface area contributed by atoms with Gasteiger partial charge in [-0.2, -0.15) is 11.8 Å². The van der Waals surface area contributed by atoms with E-state index in [4.69, 9.17) is 4.74 Å². The van der Waals surface area contributed by atoms with Crippen molar-refractivity contribution in [3.8, 4) is 0 Å². The number of ether oxygens (including phenoxy) is 1. The summed E-state index contributed by atoms with van der Waals surface area (Å²) in [5.74, 6) is 1.56. The van der Waals surface area contributed by atoms with Crippen molar-refractivity contribution in [3.05, 3.63) is 65.2 Å². The molecule has 1 fully saturated rings. The van der Waals surface area contributed by atoms with Gasteiger partial charge in [-0.05, 0) is 36.2 Å². The van der Waals surface area contributed by atoms with Gasteiger partial charge in [0.1, 0.15) is 13.2 Å². The average molecular weight is 428 g/mol. The minimum absolute atomic E-state index is 0.0131. The second-order valence-corrected chi connectivity index (χ2v) is 8.12. The molecule has 0 unspecified atom stereocenters. The number of anilines is 1. The number of nitrogens with zero attached hydrogens (tertiary/aromatic N) is 1. The molecule has 158 valence electrons. The lowest BCUT2D eigenvalue weighted by Gasteiger charge is -2.26. The fraction of sp³-hybridized carbons (Fsp3) is 0.318. The largest absolute Gasteiger partial charge is 0.445 e. The van der Waals surface area contributed by atoms with Crippen molar-refractivity contribution in [1.29, 1.82) is 0 Å². The van der Waals surface area contributed by atoms with Crippen LogP contribution in [0.5, 0.6) is 0 Å². The van der Waals surface area contributed by atoms with Crippen LogP contribution in [0.25, 0.3) is 0 Å². The average Bonchev–Trinajstić information content (AvgIpc) is 2.78. The molecule has 0 spiro atoms. The fourth-order valence-electron chi connectivity index (χ4n) is 3.01. The van der Waals surface area contributed by atoms with Gasteiger partial charge in [-0.25, -0.2) is 4.79 Å². The van der Waals surface area contributed by atoms with Crippen LogP contribution < -0.4 is 10.6 Å². The molecule has 0 aliphatic carbocycles. The fourth-order valence-corrected chi connectivity index (χ4v) is 3.91. The van der Waals surface area contributed by atoms with Crippen LogP contribution in [-0.4, -0.2) is 53.9 Å². The molecule has 3 rings (SSSR count). The molecule has 0 atom stereocenters. The Morgan fingerprint density at radius 3 is 2.50 bits per heavy atom. The summed E-state index contributed by atoms with van der Waals surface area (Å²) in [5, 5.41) is 5.18. The number of rotatable bonds is 6. The van der Waals surface area contributed by atoms with Crippen molar-refractivity contribution in [3.63, 3.8) is 0 Å². The van der Waals surface area contributed by atoms with Gasteiger partial charge in [0.2, 0.25) is 5.91 Å². The number of amides is 3. The molecule has 8 heteroatoms. The zero-order chi connectivity index (χ0) is 21.3. The van der Waals surface area contributed by atoms with Crippen molar-refractivity contribution in [1.82, 2.24) is 10.2 Å². The highest BCUT2D eigenvalue weighted by molar-refractivity contribution is 7.99. The van der Waals surface area contributed by atoms with Gasteiger partial charge in [0.05, 0.1) is 0 Å². The SMILES string of the molecule is Cc1cc(C(=O)N2CCSCC2)ccc1NC(=O)CNC(=O)OCc1ccccc1. The van der Waals surface area contributed by atoms with Crippen LogP contribution in [0.2, 0.25) is 0 Å². The lowest BCUT2D eigenvalue weighted by Crippen LogP contribution is -2.37. The smallest absolute Gasteiger partial charge is 0.407 e. The van der Waals surface area contributed by atoms with Gasteiger partial charge in [0.25, 0.3) is 5.91 Å². The summed E-state index contributed by atoms with van der Waals surface area (Å²) in [6.07, 6.45) is -0.661. The molecule has 7 nitrogen and oxygen atoms in total. The third-order valence-electron chi connectivity index (χ3n) is 4.65. The summed E-state index contributed by atoms with van der Waals surface area (Å²) in [4.78, 5) is 38.4. The molecule has 0 bridgehead atoms. The number of benzene rings is 2. The van der Waals surface area contributed by atoms with Crippen molar-refractivity contribution >= 4 is 35.4 Å². The highest BCUT2D eigenvalue weighted by atomic mass is 32.2. The number of hydrogen-bond donors (Lipinski definition) is 2. The number of carbonyl (C=O) groups excluding carboxylic acids is 3. The predicted octanol–water partition coefficient (Wildman–Crippen LogP) is 3.05. The van der Waals surface area contributed by atoms with Crippen LogP contribution in [-0.2, 0) is 16.1 Å². The van der Waals surface area contributed by atoms with E-state index in [0.717, 1.165) is 35.7 Å². The monoisotopic (exact) mass is 427 g/mol. The number of carbonyl (C=O) groups is 3. The molecule has 1 aliphatic rings. The minimum atomic E-state index is -0.661. The molecule has 2 aromatic rings. The molecule has 3 amide bonds. The lowest BCUT2D eigenvalue weighted by molar-refractivity contribution is -0.115. The first-order chi connectivity index (χ1) is 14.5. The van der Waals surface area contributed by atoms with E-state index in [0.29, 0.717) is 11.3 Å². The highest BCUT2D eigenvalue weighted by Gasteiger charge is 2.19. The molecule has 1 heterocycles. The molecular weight excluding hydrogens is 402 g/mol. The van der Waals surface area contributed by atoms with E-state index in [1.807, 2.05) is 53.9 Å². The van der Waals surface area contributed by atoms with Gasteiger partial charge >= 0.3 is 6.09 Å². The Kier molecular flexibility index (Phi) is 7.73. The topological polar surface area (TPSA) is 87.7 Å². The van der Waals surface area contributed by atoms with Gasteiger partial charge in [-0.1, -0.05) is 30.3 Å². The van der Waals surface area contributed by atoms with Crippen LogP contribution in [0.3, 0.4) is 0 Å². The first-order valence-electron chi connectivity index (χ1n) is 9.75. The minimum Gasteiger partial charge on any atom is -0.445 e. The number of thioether (sulfide) groups is 1. The van der Waals surface area contributed by atoms with Crippen molar-refractivity contribution in [2.75, 3.05) is 36.5 Å². The predicted molar refractivity (Wildman–Crippen MR) is 118 cm³/mol. The summed E-state index contributed by atoms with van der Waals surface area (Å²) >= 11 is 1.85.